The third-order valence-corrected chi connectivity index (χ3v) is 6.75. The van der Waals surface area contributed by atoms with Crippen molar-refractivity contribution < 1.29 is 33.6 Å². The van der Waals surface area contributed by atoms with Gasteiger partial charge in [0.25, 0.3) is 11.7 Å². The Morgan fingerprint density at radius 1 is 0.895 bits per heavy atom. The van der Waals surface area contributed by atoms with Crippen molar-refractivity contribution in [1.29, 1.82) is 0 Å². The van der Waals surface area contributed by atoms with Crippen LogP contribution in [-0.4, -0.2) is 44.7 Å². The van der Waals surface area contributed by atoms with Crippen LogP contribution in [0.5, 0.6) is 23.0 Å². The quantitative estimate of drug-likeness (QED) is 0.244. The molecule has 1 aliphatic rings. The van der Waals surface area contributed by atoms with Gasteiger partial charge in [0.1, 0.15) is 17.3 Å². The molecule has 0 bridgehead atoms. The van der Waals surface area contributed by atoms with E-state index in [-0.39, 0.29) is 16.9 Å². The number of aliphatic hydroxyl groups excluding tert-OH is 1. The highest BCUT2D eigenvalue weighted by molar-refractivity contribution is 6.51. The molecule has 1 N–H and O–H groups in total. The number of Topliss-reactive ketones (excluding diaryl/α,β-unsaturated/α-hetero) is 1. The number of ether oxygens (including phenoxy) is 4. The van der Waals surface area contributed by atoms with Gasteiger partial charge in [0.05, 0.1) is 45.1 Å². The molecule has 4 rings (SSSR count). The summed E-state index contributed by atoms with van der Waals surface area (Å²) in [4.78, 5) is 28.7. The first-order valence-electron chi connectivity index (χ1n) is 12.2. The predicted octanol–water partition coefficient (Wildman–Crippen LogP) is 5.35. The Morgan fingerprint density at radius 3 is 2.26 bits per heavy atom. The molecule has 38 heavy (non-hydrogen) atoms. The van der Waals surface area contributed by atoms with Gasteiger partial charge in [0, 0.05) is 5.69 Å². The van der Waals surface area contributed by atoms with Crippen LogP contribution in [-0.2, 0) is 9.59 Å². The molecule has 0 aromatic heterocycles. The number of amides is 1. The number of methoxy groups -OCH3 is 3. The zero-order valence-electron chi connectivity index (χ0n) is 22.3. The first kappa shape index (κ1) is 26.6. The zero-order chi connectivity index (χ0) is 27.6. The summed E-state index contributed by atoms with van der Waals surface area (Å²) in [7, 11) is 4.50. The van der Waals surface area contributed by atoms with Crippen molar-refractivity contribution >= 4 is 23.1 Å². The van der Waals surface area contributed by atoms with E-state index in [1.165, 1.54) is 26.2 Å². The van der Waals surface area contributed by atoms with Gasteiger partial charge in [-0.3, -0.25) is 14.5 Å². The lowest BCUT2D eigenvalue weighted by Gasteiger charge is -2.28. The van der Waals surface area contributed by atoms with E-state index in [4.69, 9.17) is 18.9 Å². The molecule has 1 unspecified atom stereocenters. The Kier molecular flexibility index (Phi) is 7.62. The zero-order valence-corrected chi connectivity index (χ0v) is 22.3. The Hall–Kier alpha value is -4.46. The first-order valence-corrected chi connectivity index (χ1v) is 12.2. The van der Waals surface area contributed by atoms with Crippen LogP contribution in [0.2, 0.25) is 0 Å². The smallest absolute Gasteiger partial charge is 0.300 e. The minimum absolute atomic E-state index is 0.0740. The van der Waals surface area contributed by atoms with E-state index in [0.29, 0.717) is 40.9 Å². The maximum absolute atomic E-state index is 13.6. The number of rotatable bonds is 8. The first-order chi connectivity index (χ1) is 18.3. The fraction of sp³-hybridized carbons (Fsp3) is 0.267. The maximum atomic E-state index is 13.6. The number of hydrogen-bond donors (Lipinski definition) is 1. The summed E-state index contributed by atoms with van der Waals surface area (Å²) in [6.07, 6.45) is 0. The molecule has 1 amide bonds. The van der Waals surface area contributed by atoms with Crippen LogP contribution in [0.1, 0.15) is 35.2 Å². The molecule has 1 saturated heterocycles. The van der Waals surface area contributed by atoms with E-state index in [2.05, 4.69) is 0 Å². The second-order valence-corrected chi connectivity index (χ2v) is 8.80. The lowest BCUT2D eigenvalue weighted by Crippen LogP contribution is -2.30. The van der Waals surface area contributed by atoms with Gasteiger partial charge < -0.3 is 24.1 Å². The van der Waals surface area contributed by atoms with Crippen LogP contribution < -0.4 is 23.8 Å². The third kappa shape index (κ3) is 4.53. The fourth-order valence-corrected chi connectivity index (χ4v) is 4.67. The summed E-state index contributed by atoms with van der Waals surface area (Å²) in [6.45, 7) is 6.07. The number of aryl methyl sites for hydroxylation is 1. The average Bonchev–Trinajstić information content (AvgIpc) is 3.19. The number of carbonyl (C=O) groups is 2. The number of carbonyl (C=O) groups excluding carboxylic acids is 2. The molecule has 1 aliphatic heterocycles. The van der Waals surface area contributed by atoms with Crippen molar-refractivity contribution in [2.45, 2.75) is 26.8 Å². The van der Waals surface area contributed by atoms with Gasteiger partial charge in [0.15, 0.2) is 11.5 Å². The van der Waals surface area contributed by atoms with Crippen molar-refractivity contribution in [2.75, 3.05) is 32.8 Å². The van der Waals surface area contributed by atoms with Gasteiger partial charge in [-0.25, -0.2) is 0 Å². The standard InChI is InChI=1S/C30H31NO7/c1-7-38-25-15-19(11-13-24(25)37-6)27-26(28(32)21-16-20(35-4)12-14-23(21)36-5)29(33)30(34)31(27)22-10-8-9-17(2)18(22)3/h8-16,27,32H,7H2,1-6H3/b28-26+. The van der Waals surface area contributed by atoms with E-state index < -0.39 is 17.7 Å². The van der Waals surface area contributed by atoms with E-state index >= 15 is 0 Å². The van der Waals surface area contributed by atoms with Gasteiger partial charge in [-0.2, -0.15) is 0 Å². The van der Waals surface area contributed by atoms with E-state index in [9.17, 15) is 14.7 Å². The van der Waals surface area contributed by atoms with Crippen molar-refractivity contribution in [3.63, 3.8) is 0 Å². The number of benzene rings is 3. The molecular formula is C30H31NO7. The predicted molar refractivity (Wildman–Crippen MR) is 144 cm³/mol. The minimum Gasteiger partial charge on any atom is -0.507 e. The highest BCUT2D eigenvalue weighted by Gasteiger charge is 2.48. The van der Waals surface area contributed by atoms with Crippen LogP contribution in [0, 0.1) is 13.8 Å². The second kappa shape index (κ2) is 10.9. The summed E-state index contributed by atoms with van der Waals surface area (Å²) in [5.74, 6) is -0.189. The Balaban J connectivity index is 2.04. The highest BCUT2D eigenvalue weighted by atomic mass is 16.5. The minimum atomic E-state index is -0.948. The van der Waals surface area contributed by atoms with Crippen LogP contribution in [0.15, 0.2) is 60.2 Å². The lowest BCUT2D eigenvalue weighted by atomic mass is 9.94. The van der Waals surface area contributed by atoms with Gasteiger partial charge in [-0.15, -0.1) is 0 Å². The van der Waals surface area contributed by atoms with Crippen LogP contribution in [0.3, 0.4) is 0 Å². The fourth-order valence-electron chi connectivity index (χ4n) is 4.67. The molecule has 0 aliphatic carbocycles. The summed E-state index contributed by atoms with van der Waals surface area (Å²) < 4.78 is 22.0. The van der Waals surface area contributed by atoms with E-state index in [0.717, 1.165) is 11.1 Å². The Morgan fingerprint density at radius 2 is 1.61 bits per heavy atom. The van der Waals surface area contributed by atoms with Crippen LogP contribution in [0.25, 0.3) is 5.76 Å². The number of anilines is 1. The maximum Gasteiger partial charge on any atom is 0.300 e. The SMILES string of the molecule is CCOc1cc(C2/C(=C(\O)c3cc(OC)ccc3OC)C(=O)C(=O)N2c2cccc(C)c2C)ccc1OC. The molecular weight excluding hydrogens is 486 g/mol. The van der Waals surface area contributed by atoms with E-state index in [1.807, 2.05) is 32.9 Å². The summed E-state index contributed by atoms with van der Waals surface area (Å²) in [5, 5.41) is 11.6. The molecule has 8 nitrogen and oxygen atoms in total. The Bertz CT molecular complexity index is 1430. The summed E-state index contributed by atoms with van der Waals surface area (Å²) in [5.41, 5.74) is 3.10. The molecule has 1 fully saturated rings. The van der Waals surface area contributed by atoms with Crippen molar-refractivity contribution in [2.24, 2.45) is 0 Å². The molecule has 0 saturated carbocycles. The van der Waals surface area contributed by atoms with E-state index in [1.54, 1.807) is 42.5 Å². The van der Waals surface area contributed by atoms with Crippen molar-refractivity contribution in [1.82, 2.24) is 0 Å². The largest absolute Gasteiger partial charge is 0.507 e. The molecule has 198 valence electrons. The number of aliphatic hydroxyl groups is 1. The molecule has 8 heteroatoms. The topological polar surface area (TPSA) is 94.5 Å². The van der Waals surface area contributed by atoms with Crippen LogP contribution >= 0.6 is 0 Å². The molecule has 0 radical (unpaired) electrons. The highest BCUT2D eigenvalue weighted by Crippen LogP contribution is 2.46. The molecule has 3 aromatic carbocycles. The van der Waals surface area contributed by atoms with Gasteiger partial charge in [0.2, 0.25) is 0 Å². The molecule has 1 atom stereocenters. The van der Waals surface area contributed by atoms with Gasteiger partial charge >= 0.3 is 0 Å². The summed E-state index contributed by atoms with van der Waals surface area (Å²) in [6, 6.07) is 14.7. The number of hydrogen-bond acceptors (Lipinski definition) is 7. The molecule has 1 heterocycles. The van der Waals surface area contributed by atoms with Crippen LogP contribution in [0.4, 0.5) is 5.69 Å². The van der Waals surface area contributed by atoms with Gasteiger partial charge in [-0.05, 0) is 73.9 Å². The normalized spacial score (nSPS) is 16.5. The summed E-state index contributed by atoms with van der Waals surface area (Å²) >= 11 is 0. The van der Waals surface area contributed by atoms with Gasteiger partial charge in [-0.1, -0.05) is 18.2 Å². The average molecular weight is 518 g/mol. The monoisotopic (exact) mass is 517 g/mol. The molecule has 0 spiro atoms. The number of ketones is 1. The lowest BCUT2D eigenvalue weighted by molar-refractivity contribution is -0.132. The Labute approximate surface area is 222 Å². The second-order valence-electron chi connectivity index (χ2n) is 8.80. The number of nitrogens with zero attached hydrogens (tertiary/aromatic N) is 1. The van der Waals surface area contributed by atoms with Crippen molar-refractivity contribution in [3.8, 4) is 23.0 Å². The third-order valence-electron chi connectivity index (χ3n) is 6.75. The molecule has 3 aromatic rings. The van der Waals surface area contributed by atoms with Crippen molar-refractivity contribution in [3.05, 3.63) is 82.4 Å².